The third-order valence-corrected chi connectivity index (χ3v) is 2.50. The molecule has 0 spiro atoms. The van der Waals surface area contributed by atoms with Crippen molar-refractivity contribution in [2.45, 2.75) is 32.4 Å². The van der Waals surface area contributed by atoms with Crippen LogP contribution in [0.15, 0.2) is 18.2 Å². The lowest BCUT2D eigenvalue weighted by molar-refractivity contribution is -0.138. The third kappa shape index (κ3) is 5.21. The van der Waals surface area contributed by atoms with E-state index in [1.54, 1.807) is 13.8 Å². The molecule has 0 aliphatic rings. The lowest BCUT2D eigenvalue weighted by Gasteiger charge is -2.24. The summed E-state index contributed by atoms with van der Waals surface area (Å²) in [7, 11) is 0. The highest BCUT2D eigenvalue weighted by Crippen LogP contribution is 2.10. The van der Waals surface area contributed by atoms with Gasteiger partial charge in [0.25, 0.3) is 0 Å². The molecule has 5 nitrogen and oxygen atoms in total. The van der Waals surface area contributed by atoms with Gasteiger partial charge in [0.2, 0.25) is 0 Å². The van der Waals surface area contributed by atoms with Gasteiger partial charge in [-0.2, -0.15) is 0 Å². The van der Waals surface area contributed by atoms with Crippen LogP contribution in [0.2, 0.25) is 0 Å². The minimum absolute atomic E-state index is 0.124. The smallest absolute Gasteiger partial charge is 0.315 e. The first-order chi connectivity index (χ1) is 9.19. The van der Waals surface area contributed by atoms with Gasteiger partial charge in [0, 0.05) is 23.7 Å². The van der Waals surface area contributed by atoms with E-state index in [0.29, 0.717) is 0 Å². The molecule has 0 saturated carbocycles. The fourth-order valence-electron chi connectivity index (χ4n) is 1.61. The monoisotopic (exact) mass is 286 g/mol. The second-order valence-electron chi connectivity index (χ2n) is 5.00. The van der Waals surface area contributed by atoms with Gasteiger partial charge in [0.05, 0.1) is 6.42 Å². The van der Waals surface area contributed by atoms with E-state index in [0.717, 1.165) is 12.1 Å². The highest BCUT2D eigenvalue weighted by Gasteiger charge is 2.23. The molecule has 1 aromatic rings. The number of benzene rings is 1. The highest BCUT2D eigenvalue weighted by atomic mass is 19.1. The van der Waals surface area contributed by atoms with Gasteiger partial charge in [0.15, 0.2) is 0 Å². The summed E-state index contributed by atoms with van der Waals surface area (Å²) in [5.74, 6) is -2.49. The van der Waals surface area contributed by atoms with Crippen LogP contribution >= 0.6 is 0 Å². The van der Waals surface area contributed by atoms with E-state index >= 15 is 0 Å². The third-order valence-electron chi connectivity index (χ3n) is 2.50. The van der Waals surface area contributed by atoms with Crippen molar-refractivity contribution in [2.75, 3.05) is 0 Å². The number of aliphatic carboxylic acids is 1. The molecule has 0 aromatic heterocycles. The van der Waals surface area contributed by atoms with Crippen LogP contribution in [-0.4, -0.2) is 22.6 Å². The molecule has 0 bridgehead atoms. The molecule has 0 unspecified atom stereocenters. The number of amides is 2. The number of halogens is 2. The Bertz CT molecular complexity index is 518. The van der Waals surface area contributed by atoms with Crippen LogP contribution in [0.25, 0.3) is 0 Å². The molecule has 110 valence electrons. The van der Waals surface area contributed by atoms with Gasteiger partial charge in [-0.15, -0.1) is 0 Å². The molecule has 0 radical (unpaired) electrons. The number of urea groups is 1. The highest BCUT2D eigenvalue weighted by molar-refractivity contribution is 5.76. The van der Waals surface area contributed by atoms with E-state index in [2.05, 4.69) is 10.6 Å². The van der Waals surface area contributed by atoms with Crippen molar-refractivity contribution in [3.63, 3.8) is 0 Å². The molecule has 0 fully saturated rings. The Morgan fingerprint density at radius 3 is 2.50 bits per heavy atom. The van der Waals surface area contributed by atoms with Gasteiger partial charge >= 0.3 is 12.0 Å². The SMILES string of the molecule is CC(C)(CC(=O)O)NC(=O)NCc1ccc(F)cc1F. The second-order valence-corrected chi connectivity index (χ2v) is 5.00. The first-order valence-corrected chi connectivity index (χ1v) is 5.91. The maximum atomic E-state index is 13.3. The van der Waals surface area contributed by atoms with Gasteiger partial charge in [-0.3, -0.25) is 4.79 Å². The van der Waals surface area contributed by atoms with Crippen molar-refractivity contribution in [3.05, 3.63) is 35.4 Å². The second kappa shape index (κ2) is 6.31. The van der Waals surface area contributed by atoms with E-state index in [1.165, 1.54) is 6.07 Å². The molecule has 0 saturated heterocycles. The maximum absolute atomic E-state index is 13.3. The maximum Gasteiger partial charge on any atom is 0.315 e. The standard InChI is InChI=1S/C13H16F2N2O3/c1-13(2,6-11(18)19)17-12(20)16-7-8-3-4-9(14)5-10(8)15/h3-5H,6-7H2,1-2H3,(H,18,19)(H2,16,17,20). The predicted octanol–water partition coefficient (Wildman–Crippen LogP) is 2.02. The fourth-order valence-corrected chi connectivity index (χ4v) is 1.61. The van der Waals surface area contributed by atoms with Gasteiger partial charge < -0.3 is 15.7 Å². The number of nitrogens with one attached hydrogen (secondary N) is 2. The molecule has 2 amide bonds. The zero-order chi connectivity index (χ0) is 15.3. The Hall–Kier alpha value is -2.18. The summed E-state index contributed by atoms with van der Waals surface area (Å²) in [5.41, 5.74) is -0.797. The quantitative estimate of drug-likeness (QED) is 0.775. The van der Waals surface area contributed by atoms with E-state index in [-0.39, 0.29) is 18.5 Å². The molecular formula is C13H16F2N2O3. The average Bonchev–Trinajstić information content (AvgIpc) is 2.24. The molecule has 0 aliphatic heterocycles. The van der Waals surface area contributed by atoms with Crippen LogP contribution in [0, 0.1) is 11.6 Å². The lowest BCUT2D eigenvalue weighted by atomic mass is 10.0. The summed E-state index contributed by atoms with van der Waals surface area (Å²) in [6.07, 6.45) is -0.245. The first kappa shape index (κ1) is 15.9. The molecular weight excluding hydrogens is 270 g/mol. The number of carbonyl (C=O) groups is 2. The number of carboxylic acids is 1. The van der Waals surface area contributed by atoms with Crippen LogP contribution in [0.3, 0.4) is 0 Å². The lowest BCUT2D eigenvalue weighted by Crippen LogP contribution is -2.49. The van der Waals surface area contributed by atoms with Crippen molar-refractivity contribution >= 4 is 12.0 Å². The largest absolute Gasteiger partial charge is 0.481 e. The minimum Gasteiger partial charge on any atom is -0.481 e. The van der Waals surface area contributed by atoms with Crippen LogP contribution < -0.4 is 10.6 Å². The van der Waals surface area contributed by atoms with Crippen LogP contribution in [0.1, 0.15) is 25.8 Å². The normalized spacial score (nSPS) is 11.0. The summed E-state index contributed by atoms with van der Waals surface area (Å²) >= 11 is 0. The van der Waals surface area contributed by atoms with E-state index in [9.17, 15) is 18.4 Å². The molecule has 0 aliphatic carbocycles. The van der Waals surface area contributed by atoms with Crippen molar-refractivity contribution in [1.29, 1.82) is 0 Å². The molecule has 1 rings (SSSR count). The van der Waals surface area contributed by atoms with E-state index in [4.69, 9.17) is 5.11 Å². The number of rotatable bonds is 5. The van der Waals surface area contributed by atoms with Crippen molar-refractivity contribution < 1.29 is 23.5 Å². The Balaban J connectivity index is 2.53. The van der Waals surface area contributed by atoms with Crippen LogP contribution in [-0.2, 0) is 11.3 Å². The number of carbonyl (C=O) groups excluding carboxylic acids is 1. The topological polar surface area (TPSA) is 78.4 Å². The molecule has 7 heteroatoms. The van der Waals surface area contributed by atoms with Crippen LogP contribution in [0.4, 0.5) is 13.6 Å². The van der Waals surface area contributed by atoms with Crippen molar-refractivity contribution in [2.24, 2.45) is 0 Å². The Labute approximate surface area is 115 Å². The summed E-state index contributed by atoms with van der Waals surface area (Å²) in [6.45, 7) is 2.99. The summed E-state index contributed by atoms with van der Waals surface area (Å²) in [6, 6.07) is 2.42. The number of hydrogen-bond acceptors (Lipinski definition) is 2. The molecule has 1 aromatic carbocycles. The predicted molar refractivity (Wildman–Crippen MR) is 68.1 cm³/mol. The zero-order valence-corrected chi connectivity index (χ0v) is 11.2. The average molecular weight is 286 g/mol. The molecule has 3 N–H and O–H groups in total. The van der Waals surface area contributed by atoms with Gasteiger partial charge in [-0.1, -0.05) is 6.07 Å². The summed E-state index contributed by atoms with van der Waals surface area (Å²) < 4.78 is 26.0. The van der Waals surface area contributed by atoms with Crippen LogP contribution in [0.5, 0.6) is 0 Å². The van der Waals surface area contributed by atoms with Crippen molar-refractivity contribution in [1.82, 2.24) is 10.6 Å². The molecule has 20 heavy (non-hydrogen) atoms. The van der Waals surface area contributed by atoms with E-state index < -0.39 is 29.2 Å². The Morgan fingerprint density at radius 1 is 1.30 bits per heavy atom. The van der Waals surface area contributed by atoms with E-state index in [1.807, 2.05) is 0 Å². The minimum atomic E-state index is -1.04. The van der Waals surface area contributed by atoms with Gasteiger partial charge in [-0.05, 0) is 19.9 Å². The molecule has 0 atom stereocenters. The molecule has 0 heterocycles. The van der Waals surface area contributed by atoms with Gasteiger partial charge in [0.1, 0.15) is 11.6 Å². The Kier molecular flexibility index (Phi) is 5.01. The number of carboxylic acid groups (broad SMARTS) is 1. The van der Waals surface area contributed by atoms with Gasteiger partial charge in [-0.25, -0.2) is 13.6 Å². The number of hydrogen-bond donors (Lipinski definition) is 3. The fraction of sp³-hybridized carbons (Fsp3) is 0.385. The Morgan fingerprint density at radius 2 is 1.95 bits per heavy atom. The van der Waals surface area contributed by atoms with Crippen molar-refractivity contribution in [3.8, 4) is 0 Å². The zero-order valence-electron chi connectivity index (χ0n) is 11.2. The summed E-state index contributed by atoms with van der Waals surface area (Å²) in [4.78, 5) is 22.2. The first-order valence-electron chi connectivity index (χ1n) is 5.91. The summed E-state index contributed by atoms with van der Waals surface area (Å²) in [5, 5.41) is 13.5.